The Morgan fingerprint density at radius 3 is 2.89 bits per heavy atom. The Bertz CT molecular complexity index is 517. The van der Waals surface area contributed by atoms with E-state index < -0.39 is 11.0 Å². The second-order valence-electron chi connectivity index (χ2n) is 4.60. The molecule has 1 aromatic rings. The number of anilines is 1. The van der Waals surface area contributed by atoms with Crippen LogP contribution in [0.1, 0.15) is 37.2 Å². The van der Waals surface area contributed by atoms with E-state index in [0.717, 1.165) is 12.8 Å². The van der Waals surface area contributed by atoms with Crippen molar-refractivity contribution < 1.29 is 10.0 Å². The van der Waals surface area contributed by atoms with E-state index in [9.17, 15) is 15.2 Å². The van der Waals surface area contributed by atoms with Gasteiger partial charge in [-0.25, -0.2) is 0 Å². The summed E-state index contributed by atoms with van der Waals surface area (Å²) in [6.45, 7) is 2.10. The monoisotopic (exact) mass is 281 g/mol. The number of rotatable bonds is 6. The van der Waals surface area contributed by atoms with Crippen LogP contribution in [0, 0.1) is 21.4 Å². The molecular weight excluding hydrogens is 266 g/mol. The van der Waals surface area contributed by atoms with Crippen molar-refractivity contribution in [3.63, 3.8) is 0 Å². The van der Waals surface area contributed by atoms with Crippen molar-refractivity contribution in [3.05, 3.63) is 21.1 Å². The lowest BCUT2D eigenvalue weighted by atomic mass is 10.3. The highest BCUT2D eigenvalue weighted by Gasteiger charge is 2.34. The average Bonchev–Trinajstić information content (AvgIpc) is 3.07. The van der Waals surface area contributed by atoms with Gasteiger partial charge in [0.25, 0.3) is 0 Å². The highest BCUT2D eigenvalue weighted by molar-refractivity contribution is 7.16. The predicted molar refractivity (Wildman–Crippen MR) is 72.2 cm³/mol. The lowest BCUT2D eigenvalue weighted by molar-refractivity contribution is -0.383. The van der Waals surface area contributed by atoms with Crippen molar-refractivity contribution in [1.29, 1.82) is 5.26 Å². The third kappa shape index (κ3) is 3.03. The molecule has 7 heteroatoms. The van der Waals surface area contributed by atoms with Crippen LogP contribution in [-0.2, 0) is 0 Å². The highest BCUT2D eigenvalue weighted by Crippen LogP contribution is 2.44. The minimum atomic E-state index is -0.713. The number of nitro groups is 1. The zero-order chi connectivity index (χ0) is 14.0. The fourth-order valence-electron chi connectivity index (χ4n) is 1.94. The van der Waals surface area contributed by atoms with Crippen LogP contribution in [0.4, 0.5) is 10.7 Å². The fourth-order valence-corrected chi connectivity index (χ4v) is 3.10. The van der Waals surface area contributed by atoms with Crippen molar-refractivity contribution in [2.24, 2.45) is 0 Å². The van der Waals surface area contributed by atoms with Gasteiger partial charge in [-0.05, 0) is 19.8 Å². The Morgan fingerprint density at radius 1 is 1.74 bits per heavy atom. The van der Waals surface area contributed by atoms with E-state index in [1.807, 2.05) is 4.90 Å². The molecule has 102 valence electrons. The Hall–Kier alpha value is -1.65. The normalized spacial score (nSPS) is 15.8. The van der Waals surface area contributed by atoms with Crippen LogP contribution < -0.4 is 4.90 Å². The summed E-state index contributed by atoms with van der Waals surface area (Å²) >= 11 is 1.25. The fraction of sp³-hybridized carbons (Fsp3) is 0.583. The largest absolute Gasteiger partial charge is 0.388 e. The zero-order valence-corrected chi connectivity index (χ0v) is 11.4. The van der Waals surface area contributed by atoms with E-state index in [4.69, 9.17) is 5.26 Å². The van der Waals surface area contributed by atoms with Gasteiger partial charge in [0.05, 0.1) is 23.5 Å². The van der Waals surface area contributed by atoms with Gasteiger partial charge in [-0.1, -0.05) is 0 Å². The van der Waals surface area contributed by atoms with E-state index in [0.29, 0.717) is 28.9 Å². The first-order chi connectivity index (χ1) is 9.04. The number of hydrogen-bond acceptors (Lipinski definition) is 6. The molecule has 1 fully saturated rings. The first-order valence-electron chi connectivity index (χ1n) is 6.14. The van der Waals surface area contributed by atoms with Gasteiger partial charge in [0.1, 0.15) is 0 Å². The van der Waals surface area contributed by atoms with E-state index >= 15 is 0 Å². The van der Waals surface area contributed by atoms with E-state index in [1.54, 1.807) is 6.92 Å². The van der Waals surface area contributed by atoms with Gasteiger partial charge >= 0.3 is 5.69 Å². The van der Waals surface area contributed by atoms with Gasteiger partial charge in [0, 0.05) is 23.5 Å². The van der Waals surface area contributed by atoms with Crippen LogP contribution in [0.3, 0.4) is 0 Å². The molecular formula is C12H15N3O3S. The zero-order valence-electron chi connectivity index (χ0n) is 10.6. The van der Waals surface area contributed by atoms with Crippen LogP contribution >= 0.6 is 11.3 Å². The summed E-state index contributed by atoms with van der Waals surface area (Å²) in [6.07, 6.45) is 1.64. The first kappa shape index (κ1) is 13.8. The minimum Gasteiger partial charge on any atom is -0.388 e. The summed E-state index contributed by atoms with van der Waals surface area (Å²) in [6, 6.07) is 3.81. The molecule has 1 unspecified atom stereocenters. The Kier molecular flexibility index (Phi) is 4.02. The maximum absolute atomic E-state index is 11.1. The predicted octanol–water partition coefficient (Wildman–Crippen LogP) is 2.59. The second-order valence-corrected chi connectivity index (χ2v) is 5.67. The molecule has 0 aliphatic heterocycles. The lowest BCUT2D eigenvalue weighted by Crippen LogP contribution is -2.26. The standard InChI is InChI=1S/C12H15N3O3S/c1-8(16)11-7-10(15(17)18)12(19-11)14(6-2-5-13)9-3-4-9/h7-9,16H,2-4,6H2,1H3. The summed E-state index contributed by atoms with van der Waals surface area (Å²) in [5, 5.41) is 29.9. The third-order valence-electron chi connectivity index (χ3n) is 3.03. The van der Waals surface area contributed by atoms with Crippen LogP contribution in [0.25, 0.3) is 0 Å². The number of thiophene rings is 1. The van der Waals surface area contributed by atoms with Crippen molar-refractivity contribution in [2.45, 2.75) is 38.3 Å². The molecule has 1 N–H and O–H groups in total. The van der Waals surface area contributed by atoms with E-state index in [1.165, 1.54) is 17.4 Å². The molecule has 0 bridgehead atoms. The van der Waals surface area contributed by atoms with Crippen molar-refractivity contribution in [2.75, 3.05) is 11.4 Å². The SMILES string of the molecule is CC(O)c1cc([N+](=O)[O-])c(N(CCC#N)C2CC2)s1. The smallest absolute Gasteiger partial charge is 0.304 e. The number of hydrogen-bond donors (Lipinski definition) is 1. The van der Waals surface area contributed by atoms with Crippen LogP contribution in [0.15, 0.2) is 6.07 Å². The molecule has 1 atom stereocenters. The highest BCUT2D eigenvalue weighted by atomic mass is 32.1. The van der Waals surface area contributed by atoms with E-state index in [2.05, 4.69) is 6.07 Å². The van der Waals surface area contributed by atoms with Crippen molar-refractivity contribution in [3.8, 4) is 6.07 Å². The average molecular weight is 281 g/mol. The van der Waals surface area contributed by atoms with Gasteiger partial charge in [0.15, 0.2) is 5.00 Å². The molecule has 0 aromatic carbocycles. The topological polar surface area (TPSA) is 90.4 Å². The Morgan fingerprint density at radius 2 is 2.42 bits per heavy atom. The summed E-state index contributed by atoms with van der Waals surface area (Å²) in [5.41, 5.74) is 0.0331. The molecule has 19 heavy (non-hydrogen) atoms. The molecule has 1 heterocycles. The second kappa shape index (κ2) is 5.55. The lowest BCUT2D eigenvalue weighted by Gasteiger charge is -2.20. The van der Waals surface area contributed by atoms with Gasteiger partial charge in [-0.2, -0.15) is 5.26 Å². The van der Waals surface area contributed by atoms with Crippen LogP contribution in [0.5, 0.6) is 0 Å². The Labute approximate surface area is 115 Å². The summed E-state index contributed by atoms with van der Waals surface area (Å²) < 4.78 is 0. The van der Waals surface area contributed by atoms with Gasteiger partial charge in [-0.15, -0.1) is 11.3 Å². The molecule has 1 aliphatic rings. The third-order valence-corrected chi connectivity index (χ3v) is 4.37. The molecule has 0 amide bonds. The van der Waals surface area contributed by atoms with Gasteiger partial charge in [-0.3, -0.25) is 10.1 Å². The minimum absolute atomic E-state index is 0.0331. The first-order valence-corrected chi connectivity index (χ1v) is 6.96. The number of nitrogens with zero attached hydrogens (tertiary/aromatic N) is 3. The maximum Gasteiger partial charge on any atom is 0.304 e. The number of aliphatic hydroxyl groups is 1. The van der Waals surface area contributed by atoms with Crippen LogP contribution in [-0.4, -0.2) is 22.6 Å². The van der Waals surface area contributed by atoms with Gasteiger partial charge < -0.3 is 10.0 Å². The van der Waals surface area contributed by atoms with Gasteiger partial charge in [0.2, 0.25) is 0 Å². The molecule has 1 saturated carbocycles. The van der Waals surface area contributed by atoms with Crippen molar-refractivity contribution >= 4 is 22.0 Å². The Balaban J connectivity index is 2.34. The summed E-state index contributed by atoms with van der Waals surface area (Å²) in [7, 11) is 0. The number of nitriles is 1. The van der Waals surface area contributed by atoms with E-state index in [-0.39, 0.29) is 5.69 Å². The van der Waals surface area contributed by atoms with Crippen LogP contribution in [0.2, 0.25) is 0 Å². The molecule has 0 radical (unpaired) electrons. The summed E-state index contributed by atoms with van der Waals surface area (Å²) in [5.74, 6) is 0. The number of aliphatic hydroxyl groups excluding tert-OH is 1. The molecule has 1 aromatic heterocycles. The maximum atomic E-state index is 11.1. The summed E-state index contributed by atoms with van der Waals surface area (Å²) in [4.78, 5) is 13.2. The molecule has 6 nitrogen and oxygen atoms in total. The molecule has 2 rings (SSSR count). The molecule has 1 aliphatic carbocycles. The van der Waals surface area contributed by atoms with Crippen molar-refractivity contribution in [1.82, 2.24) is 0 Å². The molecule has 0 saturated heterocycles. The quantitative estimate of drug-likeness (QED) is 0.639. The molecule has 0 spiro atoms.